The molecule has 0 fully saturated rings. The second-order valence-corrected chi connectivity index (χ2v) is 5.93. The summed E-state index contributed by atoms with van der Waals surface area (Å²) in [7, 11) is -3.45. The third-order valence-corrected chi connectivity index (χ3v) is 3.96. The van der Waals surface area contributed by atoms with Crippen molar-refractivity contribution in [1.29, 1.82) is 0 Å². The van der Waals surface area contributed by atoms with Crippen LogP contribution in [0.15, 0.2) is 0 Å². The zero-order valence-corrected chi connectivity index (χ0v) is 10.5. The van der Waals surface area contributed by atoms with Crippen LogP contribution in [0, 0.1) is 0 Å². The molecule has 0 spiro atoms. The molecule has 2 N–H and O–H groups in total. The van der Waals surface area contributed by atoms with Crippen molar-refractivity contribution in [2.45, 2.75) is 25.8 Å². The van der Waals surface area contributed by atoms with Crippen LogP contribution in [0.2, 0.25) is 0 Å². The van der Waals surface area contributed by atoms with Crippen molar-refractivity contribution in [2.75, 3.05) is 17.8 Å². The number of carbonyl (C=O) groups is 1. The fraction of sp³-hybridized carbons (Fsp3) is 0.875. The second-order valence-electron chi connectivity index (χ2n) is 3.14. The number of nitrogens with one attached hydrogen (secondary N) is 1. The maximum atomic E-state index is 11.4. The van der Waals surface area contributed by atoms with Gasteiger partial charge in [-0.15, -0.1) is 0 Å². The minimum Gasteiger partial charge on any atom is -0.481 e. The van der Waals surface area contributed by atoms with Crippen LogP contribution in [0.25, 0.3) is 0 Å². The molecule has 90 valence electrons. The van der Waals surface area contributed by atoms with E-state index in [1.165, 1.54) is 0 Å². The third-order valence-electron chi connectivity index (χ3n) is 1.79. The van der Waals surface area contributed by atoms with Gasteiger partial charge in [-0.2, -0.15) is 11.8 Å². The van der Waals surface area contributed by atoms with Crippen LogP contribution in [0.4, 0.5) is 0 Å². The molecule has 0 heterocycles. The second kappa shape index (κ2) is 7.08. The van der Waals surface area contributed by atoms with E-state index in [9.17, 15) is 13.2 Å². The fourth-order valence-electron chi connectivity index (χ4n) is 0.971. The first-order valence-corrected chi connectivity index (χ1v) is 7.66. The van der Waals surface area contributed by atoms with Gasteiger partial charge in [0.25, 0.3) is 0 Å². The molecule has 0 aliphatic rings. The lowest BCUT2D eigenvalue weighted by molar-refractivity contribution is -0.136. The van der Waals surface area contributed by atoms with Gasteiger partial charge in [-0.3, -0.25) is 4.79 Å². The van der Waals surface area contributed by atoms with Crippen molar-refractivity contribution in [3.05, 3.63) is 0 Å². The summed E-state index contributed by atoms with van der Waals surface area (Å²) < 4.78 is 25.3. The van der Waals surface area contributed by atoms with E-state index in [4.69, 9.17) is 5.11 Å². The Morgan fingerprint density at radius 3 is 2.53 bits per heavy atom. The average Bonchev–Trinajstić information content (AvgIpc) is 2.14. The Kier molecular flexibility index (Phi) is 6.95. The molecule has 0 bridgehead atoms. The summed E-state index contributed by atoms with van der Waals surface area (Å²) in [6.45, 7) is 1.89. The molecule has 0 amide bonds. The molecule has 7 heteroatoms. The van der Waals surface area contributed by atoms with Crippen molar-refractivity contribution >= 4 is 27.8 Å². The van der Waals surface area contributed by atoms with E-state index in [0.717, 1.165) is 0 Å². The quantitative estimate of drug-likeness (QED) is 0.660. The number of sulfonamides is 1. The van der Waals surface area contributed by atoms with Crippen LogP contribution in [0.5, 0.6) is 0 Å². The van der Waals surface area contributed by atoms with Crippen LogP contribution < -0.4 is 4.72 Å². The predicted molar refractivity (Wildman–Crippen MR) is 61.6 cm³/mol. The van der Waals surface area contributed by atoms with Crippen LogP contribution in [0.1, 0.15) is 19.8 Å². The molecule has 0 aromatic carbocycles. The lowest BCUT2D eigenvalue weighted by Gasteiger charge is -2.15. The fourth-order valence-corrected chi connectivity index (χ4v) is 3.12. The van der Waals surface area contributed by atoms with Gasteiger partial charge in [0, 0.05) is 11.8 Å². The number of aliphatic carboxylic acids is 1. The average molecular weight is 255 g/mol. The highest BCUT2D eigenvalue weighted by Crippen LogP contribution is 2.03. The standard InChI is InChI=1S/C8H17NO4S2/c1-3-7(6-14-2)9-15(12,13)5-4-8(10)11/h7,9H,3-6H2,1-2H3,(H,10,11). The Balaban J connectivity index is 4.16. The number of hydrogen-bond acceptors (Lipinski definition) is 4. The van der Waals surface area contributed by atoms with Gasteiger partial charge >= 0.3 is 5.97 Å². The first-order valence-electron chi connectivity index (χ1n) is 4.62. The maximum absolute atomic E-state index is 11.4. The zero-order valence-electron chi connectivity index (χ0n) is 8.89. The number of hydrogen-bond donors (Lipinski definition) is 2. The first kappa shape index (κ1) is 14.7. The molecule has 0 aliphatic heterocycles. The molecule has 0 aliphatic carbocycles. The molecule has 0 aromatic rings. The Labute approximate surface area is 94.7 Å². The molecule has 0 saturated heterocycles. The Hall–Kier alpha value is -0.270. The summed E-state index contributed by atoms with van der Waals surface area (Å²) in [5.41, 5.74) is 0. The van der Waals surface area contributed by atoms with E-state index in [2.05, 4.69) is 4.72 Å². The number of carboxylic acid groups (broad SMARTS) is 1. The molecule has 1 unspecified atom stereocenters. The number of rotatable bonds is 8. The molecule has 0 aromatic heterocycles. The van der Waals surface area contributed by atoms with Gasteiger partial charge in [-0.1, -0.05) is 6.92 Å². The highest BCUT2D eigenvalue weighted by molar-refractivity contribution is 7.98. The SMILES string of the molecule is CCC(CSC)NS(=O)(=O)CCC(=O)O. The third kappa shape index (κ3) is 7.64. The van der Waals surface area contributed by atoms with E-state index in [1.807, 2.05) is 13.2 Å². The maximum Gasteiger partial charge on any atom is 0.304 e. The van der Waals surface area contributed by atoms with E-state index < -0.39 is 16.0 Å². The summed E-state index contributed by atoms with van der Waals surface area (Å²) in [6.07, 6.45) is 2.24. The molecule has 5 nitrogen and oxygen atoms in total. The normalized spacial score (nSPS) is 13.7. The van der Waals surface area contributed by atoms with Gasteiger partial charge in [0.15, 0.2) is 0 Å². The van der Waals surface area contributed by atoms with Crippen LogP contribution in [-0.2, 0) is 14.8 Å². The first-order chi connectivity index (χ1) is 6.91. The van der Waals surface area contributed by atoms with Crippen molar-refractivity contribution < 1.29 is 18.3 Å². The highest BCUT2D eigenvalue weighted by Gasteiger charge is 2.17. The summed E-state index contributed by atoms with van der Waals surface area (Å²) >= 11 is 1.56. The summed E-state index contributed by atoms with van der Waals surface area (Å²) in [5.74, 6) is -0.756. The molecular formula is C8H17NO4S2. The predicted octanol–water partition coefficient (Wildman–Crippen LogP) is 0.522. The van der Waals surface area contributed by atoms with Crippen molar-refractivity contribution in [2.24, 2.45) is 0 Å². The Bertz CT molecular complexity index is 289. The Morgan fingerprint density at radius 1 is 1.53 bits per heavy atom. The molecular weight excluding hydrogens is 238 g/mol. The van der Waals surface area contributed by atoms with Crippen molar-refractivity contribution in [3.63, 3.8) is 0 Å². The monoisotopic (exact) mass is 255 g/mol. The van der Waals surface area contributed by atoms with E-state index in [-0.39, 0.29) is 18.2 Å². The van der Waals surface area contributed by atoms with Gasteiger partial charge in [-0.25, -0.2) is 13.1 Å². The number of thioether (sulfide) groups is 1. The minimum absolute atomic E-state index is 0.112. The van der Waals surface area contributed by atoms with Gasteiger partial charge in [0.1, 0.15) is 0 Å². The van der Waals surface area contributed by atoms with Gasteiger partial charge in [0.05, 0.1) is 12.2 Å². The molecule has 0 rings (SSSR count). The zero-order chi connectivity index (χ0) is 11.9. The van der Waals surface area contributed by atoms with Gasteiger partial charge in [-0.05, 0) is 12.7 Å². The molecule has 1 atom stereocenters. The minimum atomic E-state index is -3.45. The van der Waals surface area contributed by atoms with E-state index in [0.29, 0.717) is 12.2 Å². The van der Waals surface area contributed by atoms with Gasteiger partial charge in [0.2, 0.25) is 10.0 Å². The highest BCUT2D eigenvalue weighted by atomic mass is 32.2. The topological polar surface area (TPSA) is 83.5 Å². The van der Waals surface area contributed by atoms with Crippen molar-refractivity contribution in [1.82, 2.24) is 4.72 Å². The molecule has 0 radical (unpaired) electrons. The Morgan fingerprint density at radius 2 is 2.13 bits per heavy atom. The van der Waals surface area contributed by atoms with Crippen molar-refractivity contribution in [3.8, 4) is 0 Å². The molecule has 0 saturated carbocycles. The van der Waals surface area contributed by atoms with Crippen LogP contribution in [0.3, 0.4) is 0 Å². The van der Waals surface area contributed by atoms with Crippen LogP contribution >= 0.6 is 11.8 Å². The van der Waals surface area contributed by atoms with Gasteiger partial charge < -0.3 is 5.11 Å². The summed E-state index contributed by atoms with van der Waals surface area (Å²) in [6, 6.07) is -0.112. The lowest BCUT2D eigenvalue weighted by Crippen LogP contribution is -2.38. The van der Waals surface area contributed by atoms with E-state index in [1.54, 1.807) is 11.8 Å². The summed E-state index contributed by atoms with van der Waals surface area (Å²) in [5, 5.41) is 8.38. The van der Waals surface area contributed by atoms with Crippen LogP contribution in [-0.4, -0.2) is 43.3 Å². The lowest BCUT2D eigenvalue weighted by atomic mass is 10.3. The molecule has 15 heavy (non-hydrogen) atoms. The smallest absolute Gasteiger partial charge is 0.304 e. The number of carboxylic acids is 1. The largest absolute Gasteiger partial charge is 0.481 e. The summed E-state index contributed by atoms with van der Waals surface area (Å²) in [4.78, 5) is 10.2. The van der Waals surface area contributed by atoms with E-state index >= 15 is 0 Å².